The first kappa shape index (κ1) is 12.0. The Labute approximate surface area is 96.8 Å². The summed E-state index contributed by atoms with van der Waals surface area (Å²) in [6.45, 7) is 1.80. The van der Waals surface area contributed by atoms with Gasteiger partial charge in [-0.2, -0.15) is 0 Å². The summed E-state index contributed by atoms with van der Waals surface area (Å²) in [5.74, 6) is 0. The number of rotatable bonds is 3. The second kappa shape index (κ2) is 4.64. The van der Waals surface area contributed by atoms with Gasteiger partial charge in [-0.1, -0.05) is 35.0 Å². The summed E-state index contributed by atoms with van der Waals surface area (Å²) in [6, 6.07) is 7.14. The molecule has 14 heavy (non-hydrogen) atoms. The molecule has 0 amide bonds. The smallest absolute Gasteiger partial charge is 0.212 e. The molecule has 5 heteroatoms. The Bertz CT molecular complexity index is 399. The Balaban J connectivity index is 3.08. The Kier molecular flexibility index (Phi) is 3.98. The van der Waals surface area contributed by atoms with Crippen molar-refractivity contribution in [2.45, 2.75) is 18.6 Å². The highest BCUT2D eigenvalue weighted by molar-refractivity contribution is 9.10. The summed E-state index contributed by atoms with van der Waals surface area (Å²) < 4.78 is 23.3. The van der Waals surface area contributed by atoms with Crippen LogP contribution >= 0.6 is 26.6 Å². The zero-order chi connectivity index (χ0) is 10.8. The Morgan fingerprint density at radius 1 is 1.36 bits per heavy atom. The third-order valence-electron chi connectivity index (χ3n) is 1.95. The molecule has 1 atom stereocenters. The van der Waals surface area contributed by atoms with Gasteiger partial charge in [-0.3, -0.25) is 0 Å². The number of hydrogen-bond acceptors (Lipinski definition) is 2. The van der Waals surface area contributed by atoms with Gasteiger partial charge in [-0.05, 0) is 24.1 Å². The highest BCUT2D eigenvalue weighted by atomic mass is 79.9. The fourth-order valence-electron chi connectivity index (χ4n) is 1.27. The molecule has 1 rings (SSSR count). The van der Waals surface area contributed by atoms with E-state index < -0.39 is 14.3 Å². The molecule has 1 aromatic carbocycles. The van der Waals surface area contributed by atoms with Crippen molar-refractivity contribution < 1.29 is 8.42 Å². The van der Waals surface area contributed by atoms with Gasteiger partial charge in [0.25, 0.3) is 0 Å². The highest BCUT2D eigenvalue weighted by Gasteiger charge is 2.22. The van der Waals surface area contributed by atoms with Crippen molar-refractivity contribution in [1.82, 2.24) is 0 Å². The van der Waals surface area contributed by atoms with Crippen LogP contribution in [0.3, 0.4) is 0 Å². The van der Waals surface area contributed by atoms with Gasteiger partial charge in [-0.15, -0.1) is 0 Å². The first-order chi connectivity index (χ1) is 6.45. The van der Waals surface area contributed by atoms with Gasteiger partial charge in [-0.25, -0.2) is 8.42 Å². The van der Waals surface area contributed by atoms with E-state index in [0.29, 0.717) is 6.42 Å². The summed E-state index contributed by atoms with van der Waals surface area (Å²) in [5.41, 5.74) is 0.728. The SMILES string of the molecule is CCC(c1ccc(Br)cc1)S(=O)(=O)Cl. The zero-order valence-corrected chi connectivity index (χ0v) is 10.7. The van der Waals surface area contributed by atoms with Crippen molar-refractivity contribution in [3.05, 3.63) is 34.3 Å². The topological polar surface area (TPSA) is 34.1 Å². The molecule has 0 aliphatic heterocycles. The Morgan fingerprint density at radius 3 is 2.21 bits per heavy atom. The molecule has 1 unspecified atom stereocenters. The molecular formula is C9H10BrClO2S. The minimum atomic E-state index is -3.52. The molecule has 0 spiro atoms. The second-order valence-corrected chi connectivity index (χ2v) is 6.65. The Hall–Kier alpha value is -0.0600. The monoisotopic (exact) mass is 296 g/mol. The molecule has 2 nitrogen and oxygen atoms in total. The minimum Gasteiger partial charge on any atom is -0.212 e. The van der Waals surface area contributed by atoms with Gasteiger partial charge in [0.2, 0.25) is 9.05 Å². The van der Waals surface area contributed by atoms with Crippen LogP contribution in [0.1, 0.15) is 24.2 Å². The molecule has 0 aromatic heterocycles. The van der Waals surface area contributed by atoms with Gasteiger partial charge in [0.05, 0.1) is 0 Å². The van der Waals surface area contributed by atoms with E-state index in [-0.39, 0.29) is 0 Å². The molecule has 0 heterocycles. The summed E-state index contributed by atoms with van der Waals surface area (Å²) in [7, 11) is 1.81. The van der Waals surface area contributed by atoms with E-state index in [2.05, 4.69) is 15.9 Å². The first-order valence-corrected chi connectivity index (χ1v) is 7.30. The molecule has 0 saturated carbocycles. The van der Waals surface area contributed by atoms with E-state index >= 15 is 0 Å². The van der Waals surface area contributed by atoms with Crippen LogP contribution in [-0.4, -0.2) is 8.42 Å². The van der Waals surface area contributed by atoms with Gasteiger partial charge in [0.1, 0.15) is 5.25 Å². The average Bonchev–Trinajstić information content (AvgIpc) is 2.07. The van der Waals surface area contributed by atoms with Crippen LogP contribution in [0.2, 0.25) is 0 Å². The van der Waals surface area contributed by atoms with E-state index in [0.717, 1.165) is 10.0 Å². The van der Waals surface area contributed by atoms with Crippen molar-refractivity contribution in [2.75, 3.05) is 0 Å². The van der Waals surface area contributed by atoms with Crippen LogP contribution in [0.25, 0.3) is 0 Å². The third kappa shape index (κ3) is 2.97. The molecule has 1 aromatic rings. The van der Waals surface area contributed by atoms with Crippen molar-refractivity contribution in [3.63, 3.8) is 0 Å². The van der Waals surface area contributed by atoms with E-state index in [9.17, 15) is 8.42 Å². The standard InChI is InChI=1S/C9H10BrClO2S/c1-2-9(14(11,12)13)7-3-5-8(10)6-4-7/h3-6,9H,2H2,1H3. The van der Waals surface area contributed by atoms with Crippen LogP contribution in [0.15, 0.2) is 28.7 Å². The number of benzene rings is 1. The first-order valence-electron chi connectivity index (χ1n) is 4.14. The molecule has 0 radical (unpaired) electrons. The zero-order valence-electron chi connectivity index (χ0n) is 7.57. The maximum Gasteiger partial charge on any atom is 0.239 e. The summed E-state index contributed by atoms with van der Waals surface area (Å²) >= 11 is 3.28. The van der Waals surface area contributed by atoms with E-state index in [1.54, 1.807) is 31.2 Å². The molecule has 0 aliphatic carbocycles. The fourth-order valence-corrected chi connectivity index (χ4v) is 3.11. The van der Waals surface area contributed by atoms with Gasteiger partial charge in [0.15, 0.2) is 0 Å². The number of hydrogen-bond donors (Lipinski definition) is 0. The van der Waals surface area contributed by atoms with E-state index in [1.165, 1.54) is 0 Å². The van der Waals surface area contributed by atoms with Crippen molar-refractivity contribution in [3.8, 4) is 0 Å². The summed E-state index contributed by atoms with van der Waals surface area (Å²) in [6.07, 6.45) is 0.480. The van der Waals surface area contributed by atoms with E-state index in [1.807, 2.05) is 0 Å². The molecule has 0 aliphatic rings. The second-order valence-electron chi connectivity index (χ2n) is 2.92. The lowest BCUT2D eigenvalue weighted by Crippen LogP contribution is -2.05. The van der Waals surface area contributed by atoms with Gasteiger partial charge in [0, 0.05) is 15.2 Å². The predicted molar refractivity (Wildman–Crippen MR) is 61.9 cm³/mol. The molecule has 78 valence electrons. The summed E-state index contributed by atoms with van der Waals surface area (Å²) in [5, 5.41) is -0.614. The average molecular weight is 298 g/mol. The van der Waals surface area contributed by atoms with Gasteiger partial charge < -0.3 is 0 Å². The van der Waals surface area contributed by atoms with Crippen molar-refractivity contribution >= 4 is 35.7 Å². The lowest BCUT2D eigenvalue weighted by molar-refractivity contribution is 0.594. The Morgan fingerprint density at radius 2 is 1.86 bits per heavy atom. The molecule has 0 bridgehead atoms. The largest absolute Gasteiger partial charge is 0.239 e. The number of halogens is 2. The highest BCUT2D eigenvalue weighted by Crippen LogP contribution is 2.29. The van der Waals surface area contributed by atoms with Crippen molar-refractivity contribution in [2.24, 2.45) is 0 Å². The van der Waals surface area contributed by atoms with E-state index in [4.69, 9.17) is 10.7 Å². The van der Waals surface area contributed by atoms with Crippen LogP contribution in [0.5, 0.6) is 0 Å². The quantitative estimate of drug-likeness (QED) is 0.801. The van der Waals surface area contributed by atoms with Crippen LogP contribution < -0.4 is 0 Å². The molecular weight excluding hydrogens is 288 g/mol. The minimum absolute atomic E-state index is 0.480. The van der Waals surface area contributed by atoms with Crippen LogP contribution in [-0.2, 0) is 9.05 Å². The summed E-state index contributed by atoms with van der Waals surface area (Å²) in [4.78, 5) is 0. The van der Waals surface area contributed by atoms with Crippen LogP contribution in [0, 0.1) is 0 Å². The fraction of sp³-hybridized carbons (Fsp3) is 0.333. The van der Waals surface area contributed by atoms with Crippen molar-refractivity contribution in [1.29, 1.82) is 0 Å². The maximum absolute atomic E-state index is 11.2. The maximum atomic E-state index is 11.2. The molecule has 0 fully saturated rings. The molecule has 0 N–H and O–H groups in total. The third-order valence-corrected chi connectivity index (χ3v) is 4.41. The normalized spacial score (nSPS) is 13.9. The lowest BCUT2D eigenvalue weighted by Gasteiger charge is -2.11. The van der Waals surface area contributed by atoms with Crippen LogP contribution in [0.4, 0.5) is 0 Å². The predicted octanol–water partition coefficient (Wildman–Crippen LogP) is 3.47. The lowest BCUT2D eigenvalue weighted by atomic mass is 10.1. The molecule has 0 saturated heterocycles. The van der Waals surface area contributed by atoms with Gasteiger partial charge >= 0.3 is 0 Å².